The van der Waals surface area contributed by atoms with E-state index in [0.717, 1.165) is 4.90 Å². The first kappa shape index (κ1) is 19.7. The van der Waals surface area contributed by atoms with E-state index in [1.807, 2.05) is 0 Å². The van der Waals surface area contributed by atoms with Crippen LogP contribution in [0.4, 0.5) is 5.69 Å². The highest BCUT2D eigenvalue weighted by atomic mass is 33.1. The van der Waals surface area contributed by atoms with Gasteiger partial charge in [-0.25, -0.2) is 4.79 Å². The van der Waals surface area contributed by atoms with Crippen LogP contribution in [-0.4, -0.2) is 37.5 Å². The quantitative estimate of drug-likeness (QED) is 0.419. The number of hydrogen-bond donors (Lipinski definition) is 2. The smallest absolute Gasteiger partial charge is 0.330 e. The van der Waals surface area contributed by atoms with Crippen LogP contribution in [0, 0.1) is 17.0 Å². The van der Waals surface area contributed by atoms with Crippen molar-refractivity contribution in [1.82, 2.24) is 9.55 Å². The summed E-state index contributed by atoms with van der Waals surface area (Å²) in [7, 11) is 2.89. The Bertz CT molecular complexity index is 942. The van der Waals surface area contributed by atoms with E-state index >= 15 is 0 Å². The molecule has 2 aromatic rings. The van der Waals surface area contributed by atoms with Crippen molar-refractivity contribution in [1.29, 1.82) is 0 Å². The SMILES string of the molecule is Cc1cn([C@H]2C[C@H](SSc3ccc([N+](=O)[O-])cc3)[C@@H](CO)O2)c(=O)[nH]c1=O. The van der Waals surface area contributed by atoms with Gasteiger partial charge in [0, 0.05) is 40.5 Å². The molecular formula is C16H17N3O6S2. The van der Waals surface area contributed by atoms with Gasteiger partial charge in [0.05, 0.1) is 17.6 Å². The van der Waals surface area contributed by atoms with Crippen molar-refractivity contribution in [3.8, 4) is 0 Å². The lowest BCUT2D eigenvalue weighted by molar-refractivity contribution is -0.384. The molecule has 3 rings (SSSR count). The Morgan fingerprint density at radius 2 is 2.07 bits per heavy atom. The van der Waals surface area contributed by atoms with E-state index in [1.165, 1.54) is 44.5 Å². The third-order valence-corrected chi connectivity index (χ3v) is 7.04. The fraction of sp³-hybridized carbons (Fsp3) is 0.375. The zero-order valence-corrected chi connectivity index (χ0v) is 15.9. The average Bonchev–Trinajstić information content (AvgIpc) is 3.06. The highest BCUT2D eigenvalue weighted by Gasteiger charge is 2.37. The van der Waals surface area contributed by atoms with Crippen LogP contribution in [0.15, 0.2) is 44.9 Å². The summed E-state index contributed by atoms with van der Waals surface area (Å²) >= 11 is 0. The van der Waals surface area contributed by atoms with Gasteiger partial charge in [-0.1, -0.05) is 21.6 Å². The molecule has 144 valence electrons. The van der Waals surface area contributed by atoms with Crippen LogP contribution in [0.2, 0.25) is 0 Å². The summed E-state index contributed by atoms with van der Waals surface area (Å²) in [6, 6.07) is 6.19. The molecule has 2 N–H and O–H groups in total. The number of rotatable bonds is 6. The number of nitrogens with one attached hydrogen (secondary N) is 1. The first-order valence-corrected chi connectivity index (χ1v) is 10.3. The molecule has 0 bridgehead atoms. The minimum atomic E-state index is -0.583. The monoisotopic (exact) mass is 411 g/mol. The minimum Gasteiger partial charge on any atom is -0.394 e. The third-order valence-electron chi connectivity index (χ3n) is 4.13. The van der Waals surface area contributed by atoms with Crippen molar-refractivity contribution in [2.75, 3.05) is 6.61 Å². The number of nitro groups is 1. The van der Waals surface area contributed by atoms with Crippen molar-refractivity contribution in [2.24, 2.45) is 0 Å². The molecule has 2 heterocycles. The minimum absolute atomic E-state index is 0.0228. The number of nitro benzene ring substituents is 1. The van der Waals surface area contributed by atoms with E-state index in [4.69, 9.17) is 4.74 Å². The fourth-order valence-corrected chi connectivity index (χ4v) is 5.32. The normalized spacial score (nSPS) is 22.1. The molecule has 0 spiro atoms. The summed E-state index contributed by atoms with van der Waals surface area (Å²) in [6.45, 7) is 1.40. The van der Waals surface area contributed by atoms with Gasteiger partial charge in [-0.05, 0) is 19.1 Å². The van der Waals surface area contributed by atoms with Crippen LogP contribution < -0.4 is 11.2 Å². The standard InChI is InChI=1S/C16H17N3O6S2/c1-9-7-18(16(22)17-15(9)21)14-6-13(12(8-20)25-14)27-26-11-4-2-10(3-5-11)19(23)24/h2-5,7,12-14,20H,6,8H2,1H3,(H,17,21,22)/t12-,13+,14-/m1/s1. The van der Waals surface area contributed by atoms with E-state index in [2.05, 4.69) is 4.98 Å². The molecule has 1 aromatic heterocycles. The zero-order valence-electron chi connectivity index (χ0n) is 14.2. The number of nitrogens with zero attached hydrogens (tertiary/aromatic N) is 2. The first-order chi connectivity index (χ1) is 12.9. The molecule has 27 heavy (non-hydrogen) atoms. The van der Waals surface area contributed by atoms with Crippen molar-refractivity contribution in [3.63, 3.8) is 0 Å². The molecule has 0 unspecified atom stereocenters. The molecule has 1 fully saturated rings. The van der Waals surface area contributed by atoms with Gasteiger partial charge in [-0.15, -0.1) is 0 Å². The van der Waals surface area contributed by atoms with E-state index in [0.29, 0.717) is 12.0 Å². The van der Waals surface area contributed by atoms with Crippen LogP contribution >= 0.6 is 21.6 Å². The van der Waals surface area contributed by atoms with Crippen LogP contribution in [0.25, 0.3) is 0 Å². The second-order valence-corrected chi connectivity index (χ2v) is 8.51. The fourth-order valence-electron chi connectivity index (χ4n) is 2.68. The van der Waals surface area contributed by atoms with Crippen LogP contribution in [0.5, 0.6) is 0 Å². The van der Waals surface area contributed by atoms with Gasteiger partial charge in [0.2, 0.25) is 0 Å². The highest BCUT2D eigenvalue weighted by Crippen LogP contribution is 2.44. The number of aryl methyl sites for hydroxylation is 1. The summed E-state index contributed by atoms with van der Waals surface area (Å²) in [4.78, 5) is 36.9. The lowest BCUT2D eigenvalue weighted by atomic mass is 10.2. The molecule has 0 radical (unpaired) electrons. The highest BCUT2D eigenvalue weighted by molar-refractivity contribution is 8.77. The number of aliphatic hydroxyl groups excluding tert-OH is 1. The Kier molecular flexibility index (Phi) is 6.05. The van der Waals surface area contributed by atoms with Crippen molar-refractivity contribution >= 4 is 27.3 Å². The maximum absolute atomic E-state index is 12.0. The molecule has 11 heteroatoms. The Hall–Kier alpha value is -2.08. The zero-order chi connectivity index (χ0) is 19.6. The van der Waals surface area contributed by atoms with Crippen molar-refractivity contribution in [2.45, 2.75) is 35.8 Å². The van der Waals surface area contributed by atoms with Gasteiger partial charge in [-0.3, -0.25) is 24.5 Å². The Morgan fingerprint density at radius 1 is 1.37 bits per heavy atom. The maximum Gasteiger partial charge on any atom is 0.330 e. The predicted octanol–water partition coefficient (Wildman–Crippen LogP) is 1.84. The van der Waals surface area contributed by atoms with Crippen molar-refractivity contribution < 1.29 is 14.8 Å². The van der Waals surface area contributed by atoms with Gasteiger partial charge in [0.1, 0.15) is 6.23 Å². The van der Waals surface area contributed by atoms with Gasteiger partial charge < -0.3 is 9.84 Å². The summed E-state index contributed by atoms with van der Waals surface area (Å²) in [5.41, 5.74) is -0.571. The summed E-state index contributed by atoms with van der Waals surface area (Å²) in [6.07, 6.45) is 0.878. The predicted molar refractivity (Wildman–Crippen MR) is 102 cm³/mol. The number of non-ortho nitro benzene ring substituents is 1. The molecule has 1 aliphatic rings. The van der Waals surface area contributed by atoms with E-state index in [9.17, 15) is 24.8 Å². The number of ether oxygens (including phenoxy) is 1. The van der Waals surface area contributed by atoms with E-state index in [-0.39, 0.29) is 17.5 Å². The number of benzene rings is 1. The maximum atomic E-state index is 12.0. The molecule has 3 atom stereocenters. The number of hydrogen-bond acceptors (Lipinski definition) is 8. The van der Waals surface area contributed by atoms with Gasteiger partial charge >= 0.3 is 5.69 Å². The lowest BCUT2D eigenvalue weighted by Crippen LogP contribution is -2.33. The molecule has 1 saturated heterocycles. The van der Waals surface area contributed by atoms with Gasteiger partial charge in [0.25, 0.3) is 11.2 Å². The molecule has 0 aliphatic carbocycles. The second kappa shape index (κ2) is 8.30. The van der Waals surface area contributed by atoms with Gasteiger partial charge in [0.15, 0.2) is 0 Å². The Morgan fingerprint density at radius 3 is 2.70 bits per heavy atom. The van der Waals surface area contributed by atoms with Crippen LogP contribution in [-0.2, 0) is 4.74 Å². The van der Waals surface area contributed by atoms with Crippen LogP contribution in [0.3, 0.4) is 0 Å². The molecule has 1 aliphatic heterocycles. The van der Waals surface area contributed by atoms with E-state index < -0.39 is 28.5 Å². The molecule has 0 amide bonds. The Labute approximate surface area is 161 Å². The average molecular weight is 411 g/mol. The largest absolute Gasteiger partial charge is 0.394 e. The summed E-state index contributed by atoms with van der Waals surface area (Å²) < 4.78 is 7.12. The number of aliphatic hydroxyl groups is 1. The molecular weight excluding hydrogens is 394 g/mol. The topological polar surface area (TPSA) is 127 Å². The molecule has 0 saturated carbocycles. The second-order valence-electron chi connectivity index (χ2n) is 6.00. The lowest BCUT2D eigenvalue weighted by Gasteiger charge is -2.15. The van der Waals surface area contributed by atoms with Gasteiger partial charge in [-0.2, -0.15) is 0 Å². The summed E-state index contributed by atoms with van der Waals surface area (Å²) in [5.74, 6) is 0. The summed E-state index contributed by atoms with van der Waals surface area (Å²) in [5, 5.41) is 20.2. The molecule has 1 aromatic carbocycles. The molecule has 9 nitrogen and oxygen atoms in total. The third kappa shape index (κ3) is 4.43. The number of aromatic amines is 1. The first-order valence-electron chi connectivity index (χ1n) is 8.05. The Balaban J connectivity index is 1.69. The number of aromatic nitrogens is 2. The van der Waals surface area contributed by atoms with Crippen molar-refractivity contribution in [3.05, 3.63) is 67.0 Å². The van der Waals surface area contributed by atoms with E-state index in [1.54, 1.807) is 19.1 Å². The van der Waals surface area contributed by atoms with Crippen LogP contribution in [0.1, 0.15) is 18.2 Å². The number of H-pyrrole nitrogens is 1.